The summed E-state index contributed by atoms with van der Waals surface area (Å²) in [5.41, 5.74) is 2.62. The molecule has 0 atom stereocenters. The normalized spacial score (nSPS) is 22.5. The summed E-state index contributed by atoms with van der Waals surface area (Å²) >= 11 is 0. The van der Waals surface area contributed by atoms with Gasteiger partial charge in [-0.1, -0.05) is 24.3 Å². The van der Waals surface area contributed by atoms with Gasteiger partial charge in [0, 0.05) is 0 Å². The topological polar surface area (TPSA) is 17.1 Å². The molecule has 0 N–H and O–H groups in total. The summed E-state index contributed by atoms with van der Waals surface area (Å²) < 4.78 is 0. The largest absolute Gasteiger partial charge is 0.299 e. The molecule has 2 fully saturated rings. The Morgan fingerprint density at radius 2 is 2.07 bits per heavy atom. The molecule has 2 aliphatic carbocycles. The van der Waals surface area contributed by atoms with E-state index in [-0.39, 0.29) is 5.41 Å². The predicted molar refractivity (Wildman–Crippen MR) is 60.0 cm³/mol. The van der Waals surface area contributed by atoms with Gasteiger partial charge in [0.05, 0.1) is 5.41 Å². The van der Waals surface area contributed by atoms with Crippen LogP contribution in [0.2, 0.25) is 0 Å². The van der Waals surface area contributed by atoms with Crippen LogP contribution in [0.1, 0.15) is 49.7 Å². The summed E-state index contributed by atoms with van der Waals surface area (Å²) in [4.78, 5) is 11.6. The highest BCUT2D eigenvalue weighted by atomic mass is 16.1. The van der Waals surface area contributed by atoms with Crippen LogP contribution in [-0.2, 0) is 10.2 Å². The lowest BCUT2D eigenvalue weighted by Gasteiger charge is -2.12. The Morgan fingerprint density at radius 1 is 1.33 bits per heavy atom. The Bertz CT molecular complexity index is 411. The summed E-state index contributed by atoms with van der Waals surface area (Å²) in [5.74, 6) is 1.13. The number of hydrogen-bond acceptors (Lipinski definition) is 1. The molecule has 0 radical (unpaired) electrons. The van der Waals surface area contributed by atoms with Gasteiger partial charge in [0.15, 0.2) is 0 Å². The van der Waals surface area contributed by atoms with E-state index >= 15 is 0 Å². The zero-order chi connectivity index (χ0) is 10.5. The maximum atomic E-state index is 11.6. The molecule has 0 unspecified atom stereocenters. The van der Waals surface area contributed by atoms with E-state index in [0.29, 0.717) is 5.78 Å². The molecule has 0 heterocycles. The van der Waals surface area contributed by atoms with Crippen molar-refractivity contribution in [2.45, 2.75) is 43.9 Å². The fraction of sp³-hybridized carbons (Fsp3) is 0.500. The summed E-state index contributed by atoms with van der Waals surface area (Å²) in [6.45, 7) is 1.73. The summed E-state index contributed by atoms with van der Waals surface area (Å²) in [6, 6.07) is 8.72. The lowest BCUT2D eigenvalue weighted by molar-refractivity contribution is -0.119. The number of Topliss-reactive ketones (excluding diaryl/α,β-unsaturated/α-hetero) is 1. The molecule has 2 saturated carbocycles. The molecular formula is C14H16O. The van der Waals surface area contributed by atoms with Gasteiger partial charge in [0.1, 0.15) is 5.78 Å². The zero-order valence-corrected chi connectivity index (χ0v) is 9.12. The maximum Gasteiger partial charge on any atom is 0.140 e. The standard InChI is InChI=1S/C14H16O/c1-10(15)14(7-8-14)13-4-2-3-12(9-13)11-5-6-11/h2-4,9,11H,5-8H2,1H3. The molecule has 0 saturated heterocycles. The lowest BCUT2D eigenvalue weighted by atomic mass is 9.90. The number of rotatable bonds is 3. The van der Waals surface area contributed by atoms with Gasteiger partial charge in [0.25, 0.3) is 0 Å². The van der Waals surface area contributed by atoms with E-state index in [1.165, 1.54) is 24.0 Å². The van der Waals surface area contributed by atoms with E-state index in [2.05, 4.69) is 24.3 Å². The maximum absolute atomic E-state index is 11.6. The number of benzene rings is 1. The van der Waals surface area contributed by atoms with Crippen molar-refractivity contribution in [1.29, 1.82) is 0 Å². The molecule has 0 spiro atoms. The minimum atomic E-state index is -0.0924. The van der Waals surface area contributed by atoms with Gasteiger partial charge < -0.3 is 0 Å². The molecule has 0 aromatic heterocycles. The first-order valence-electron chi connectivity index (χ1n) is 5.84. The fourth-order valence-electron chi connectivity index (χ4n) is 2.48. The summed E-state index contributed by atoms with van der Waals surface area (Å²) in [7, 11) is 0. The zero-order valence-electron chi connectivity index (χ0n) is 9.12. The molecule has 15 heavy (non-hydrogen) atoms. The van der Waals surface area contributed by atoms with Gasteiger partial charge in [0.2, 0.25) is 0 Å². The van der Waals surface area contributed by atoms with Crippen LogP contribution < -0.4 is 0 Å². The second kappa shape index (κ2) is 2.94. The van der Waals surface area contributed by atoms with Crippen LogP contribution in [0, 0.1) is 0 Å². The van der Waals surface area contributed by atoms with Crippen LogP contribution >= 0.6 is 0 Å². The van der Waals surface area contributed by atoms with E-state index < -0.39 is 0 Å². The van der Waals surface area contributed by atoms with Crippen molar-refractivity contribution < 1.29 is 4.79 Å². The summed E-state index contributed by atoms with van der Waals surface area (Å²) in [5, 5.41) is 0. The third-order valence-corrected chi connectivity index (χ3v) is 3.91. The number of carbonyl (C=O) groups is 1. The number of ketones is 1. The highest BCUT2D eigenvalue weighted by Crippen LogP contribution is 2.50. The molecule has 0 bridgehead atoms. The second-order valence-corrected chi connectivity index (χ2v) is 5.04. The van der Waals surface area contributed by atoms with E-state index in [1.54, 1.807) is 6.92 Å². The van der Waals surface area contributed by atoms with Crippen LogP contribution in [-0.4, -0.2) is 5.78 Å². The van der Waals surface area contributed by atoms with Crippen LogP contribution in [0.25, 0.3) is 0 Å². The average Bonchev–Trinajstić information content (AvgIpc) is 3.11. The predicted octanol–water partition coefficient (Wildman–Crippen LogP) is 3.18. The third-order valence-electron chi connectivity index (χ3n) is 3.91. The Kier molecular flexibility index (Phi) is 1.79. The van der Waals surface area contributed by atoms with Crippen LogP contribution in [0.5, 0.6) is 0 Å². The van der Waals surface area contributed by atoms with Crippen LogP contribution in [0.15, 0.2) is 24.3 Å². The lowest BCUT2D eigenvalue weighted by Crippen LogP contribution is -2.16. The van der Waals surface area contributed by atoms with Gasteiger partial charge in [-0.15, -0.1) is 0 Å². The average molecular weight is 200 g/mol. The van der Waals surface area contributed by atoms with Crippen LogP contribution in [0.3, 0.4) is 0 Å². The first-order valence-corrected chi connectivity index (χ1v) is 5.84. The van der Waals surface area contributed by atoms with Crippen molar-refractivity contribution in [3.8, 4) is 0 Å². The van der Waals surface area contributed by atoms with Crippen molar-refractivity contribution in [1.82, 2.24) is 0 Å². The molecule has 2 aliphatic rings. The van der Waals surface area contributed by atoms with Crippen molar-refractivity contribution >= 4 is 5.78 Å². The molecular weight excluding hydrogens is 184 g/mol. The summed E-state index contributed by atoms with van der Waals surface area (Å²) in [6.07, 6.45) is 4.76. The Hall–Kier alpha value is -1.11. The van der Waals surface area contributed by atoms with Crippen LogP contribution in [0.4, 0.5) is 0 Å². The van der Waals surface area contributed by atoms with Gasteiger partial charge in [-0.3, -0.25) is 4.79 Å². The highest BCUT2D eigenvalue weighted by Gasteiger charge is 2.48. The molecule has 1 heteroatoms. The quantitative estimate of drug-likeness (QED) is 0.732. The first-order chi connectivity index (χ1) is 7.22. The van der Waals surface area contributed by atoms with Gasteiger partial charge in [-0.25, -0.2) is 0 Å². The van der Waals surface area contributed by atoms with Crippen molar-refractivity contribution in [3.05, 3.63) is 35.4 Å². The smallest absolute Gasteiger partial charge is 0.140 e. The molecule has 0 aliphatic heterocycles. The third kappa shape index (κ3) is 1.41. The molecule has 1 aromatic rings. The molecule has 1 nitrogen and oxygen atoms in total. The van der Waals surface area contributed by atoms with Gasteiger partial charge >= 0.3 is 0 Å². The SMILES string of the molecule is CC(=O)C1(c2cccc(C3CC3)c2)CC1. The first kappa shape index (κ1) is 9.14. The number of hydrogen-bond donors (Lipinski definition) is 0. The minimum Gasteiger partial charge on any atom is -0.299 e. The molecule has 78 valence electrons. The van der Waals surface area contributed by atoms with Gasteiger partial charge in [-0.2, -0.15) is 0 Å². The fourth-order valence-corrected chi connectivity index (χ4v) is 2.48. The van der Waals surface area contributed by atoms with E-state index in [0.717, 1.165) is 18.8 Å². The van der Waals surface area contributed by atoms with E-state index in [1.807, 2.05) is 0 Å². The monoisotopic (exact) mass is 200 g/mol. The Balaban J connectivity index is 1.97. The van der Waals surface area contributed by atoms with Crippen molar-refractivity contribution in [3.63, 3.8) is 0 Å². The highest BCUT2D eigenvalue weighted by molar-refractivity contribution is 5.91. The Labute approximate surface area is 90.5 Å². The Morgan fingerprint density at radius 3 is 2.60 bits per heavy atom. The van der Waals surface area contributed by atoms with Crippen molar-refractivity contribution in [2.75, 3.05) is 0 Å². The molecule has 1 aromatic carbocycles. The van der Waals surface area contributed by atoms with E-state index in [9.17, 15) is 4.79 Å². The van der Waals surface area contributed by atoms with Crippen molar-refractivity contribution in [2.24, 2.45) is 0 Å². The molecule has 3 rings (SSSR count). The van der Waals surface area contributed by atoms with E-state index in [4.69, 9.17) is 0 Å². The van der Waals surface area contributed by atoms with Gasteiger partial charge in [-0.05, 0) is 49.7 Å². The minimum absolute atomic E-state index is 0.0924. The number of carbonyl (C=O) groups excluding carboxylic acids is 1. The molecule has 0 amide bonds. The second-order valence-electron chi connectivity index (χ2n) is 5.04.